The SMILES string of the molecule is N[C@@H](Cc1ccccc1)[C@@H](O)CCl.O=S(=O)(O)O. The Morgan fingerprint density at radius 1 is 1.22 bits per heavy atom. The molecule has 1 rings (SSSR count). The van der Waals surface area contributed by atoms with Gasteiger partial charge in [0.25, 0.3) is 0 Å². The summed E-state index contributed by atoms with van der Waals surface area (Å²) >= 11 is 5.48. The van der Waals surface area contributed by atoms with E-state index in [9.17, 15) is 5.11 Å². The van der Waals surface area contributed by atoms with Crippen LogP contribution < -0.4 is 5.73 Å². The Morgan fingerprint density at radius 3 is 2.06 bits per heavy atom. The summed E-state index contributed by atoms with van der Waals surface area (Å²) < 4.78 is 31.6. The Bertz CT molecular complexity index is 417. The van der Waals surface area contributed by atoms with Gasteiger partial charge in [-0.1, -0.05) is 30.3 Å². The minimum atomic E-state index is -4.67. The van der Waals surface area contributed by atoms with Gasteiger partial charge in [0, 0.05) is 11.9 Å². The molecular formula is C10H16ClNO5S. The molecular weight excluding hydrogens is 282 g/mol. The van der Waals surface area contributed by atoms with Gasteiger partial charge in [0.05, 0.1) is 6.10 Å². The van der Waals surface area contributed by atoms with Crippen LogP contribution in [0.25, 0.3) is 0 Å². The predicted octanol–water partition coefficient (Wildman–Crippen LogP) is 0.503. The maximum Gasteiger partial charge on any atom is 0.394 e. The van der Waals surface area contributed by atoms with Gasteiger partial charge in [0.2, 0.25) is 0 Å². The highest BCUT2D eigenvalue weighted by atomic mass is 35.5. The van der Waals surface area contributed by atoms with Crippen molar-refractivity contribution in [2.75, 3.05) is 5.88 Å². The van der Waals surface area contributed by atoms with E-state index in [-0.39, 0.29) is 11.9 Å². The lowest BCUT2D eigenvalue weighted by Crippen LogP contribution is -2.37. The van der Waals surface area contributed by atoms with Gasteiger partial charge in [-0.3, -0.25) is 9.11 Å². The van der Waals surface area contributed by atoms with Crippen LogP contribution in [0.4, 0.5) is 0 Å². The molecule has 0 bridgehead atoms. The standard InChI is InChI=1S/C10H14ClNO.H2O4S/c11-7-10(13)9(12)6-8-4-2-1-3-5-8;1-5(2,3)4/h1-5,9-10,13H,6-7,12H2;(H2,1,2,3,4)/t9-,10-;/m0./s1. The molecule has 0 aliphatic carbocycles. The minimum Gasteiger partial charge on any atom is -0.390 e. The molecule has 18 heavy (non-hydrogen) atoms. The lowest BCUT2D eigenvalue weighted by molar-refractivity contribution is 0.166. The number of nitrogens with two attached hydrogens (primary N) is 1. The summed E-state index contributed by atoms with van der Waals surface area (Å²) in [5, 5.41) is 9.33. The van der Waals surface area contributed by atoms with Crippen LogP contribution in [-0.4, -0.2) is 40.7 Å². The topological polar surface area (TPSA) is 121 Å². The average molecular weight is 298 g/mol. The molecule has 0 saturated heterocycles. The molecule has 0 heterocycles. The zero-order valence-corrected chi connectivity index (χ0v) is 11.0. The number of alkyl halides is 1. The van der Waals surface area contributed by atoms with Crippen LogP contribution in [0.1, 0.15) is 5.56 Å². The fourth-order valence-electron chi connectivity index (χ4n) is 1.14. The Kier molecular flexibility index (Phi) is 8.08. The molecule has 0 spiro atoms. The van der Waals surface area contributed by atoms with Crippen LogP contribution in [0.2, 0.25) is 0 Å². The smallest absolute Gasteiger partial charge is 0.390 e. The first-order chi connectivity index (χ1) is 8.24. The molecule has 0 aliphatic heterocycles. The van der Waals surface area contributed by atoms with Gasteiger partial charge < -0.3 is 10.8 Å². The summed E-state index contributed by atoms with van der Waals surface area (Å²) in [5.41, 5.74) is 6.85. The lowest BCUT2D eigenvalue weighted by Gasteiger charge is -2.15. The van der Waals surface area contributed by atoms with E-state index in [1.807, 2.05) is 30.3 Å². The van der Waals surface area contributed by atoms with Crippen molar-refractivity contribution in [1.82, 2.24) is 0 Å². The first kappa shape index (κ1) is 17.3. The molecule has 8 heteroatoms. The largest absolute Gasteiger partial charge is 0.394 e. The summed E-state index contributed by atoms with van der Waals surface area (Å²) in [6.45, 7) is 0. The maximum atomic E-state index is 9.33. The Morgan fingerprint density at radius 2 is 1.67 bits per heavy atom. The Hall–Kier alpha value is -0.700. The zero-order valence-electron chi connectivity index (χ0n) is 9.48. The van der Waals surface area contributed by atoms with Crippen molar-refractivity contribution in [1.29, 1.82) is 0 Å². The number of halogens is 1. The van der Waals surface area contributed by atoms with Gasteiger partial charge in [0.1, 0.15) is 0 Å². The highest BCUT2D eigenvalue weighted by molar-refractivity contribution is 7.79. The normalized spacial score (nSPS) is 14.3. The van der Waals surface area contributed by atoms with Crippen molar-refractivity contribution >= 4 is 22.0 Å². The summed E-state index contributed by atoms with van der Waals surface area (Å²) in [6.07, 6.45) is 0.0382. The van der Waals surface area contributed by atoms with E-state index in [2.05, 4.69) is 0 Å². The maximum absolute atomic E-state index is 9.33. The number of aliphatic hydroxyl groups excluding tert-OH is 1. The van der Waals surface area contributed by atoms with Crippen LogP contribution in [0.3, 0.4) is 0 Å². The average Bonchev–Trinajstić information content (AvgIpc) is 2.27. The monoisotopic (exact) mass is 297 g/mol. The van der Waals surface area contributed by atoms with Crippen LogP contribution in [0.15, 0.2) is 30.3 Å². The number of hydrogen-bond acceptors (Lipinski definition) is 4. The number of hydrogen-bond donors (Lipinski definition) is 4. The van der Waals surface area contributed by atoms with E-state index < -0.39 is 16.5 Å². The van der Waals surface area contributed by atoms with E-state index in [1.165, 1.54) is 0 Å². The predicted molar refractivity (Wildman–Crippen MR) is 69.0 cm³/mol. The van der Waals surface area contributed by atoms with Gasteiger partial charge in [0.15, 0.2) is 0 Å². The molecule has 0 aliphatic rings. The second kappa shape index (κ2) is 8.41. The molecule has 1 aromatic rings. The third-order valence-electron chi connectivity index (χ3n) is 1.97. The molecule has 0 radical (unpaired) electrons. The summed E-state index contributed by atoms with van der Waals surface area (Å²) in [5.74, 6) is 0.188. The van der Waals surface area contributed by atoms with E-state index in [0.29, 0.717) is 6.42 Å². The first-order valence-electron chi connectivity index (χ1n) is 4.97. The van der Waals surface area contributed by atoms with Crippen molar-refractivity contribution in [2.45, 2.75) is 18.6 Å². The van der Waals surface area contributed by atoms with Crippen LogP contribution >= 0.6 is 11.6 Å². The van der Waals surface area contributed by atoms with Gasteiger partial charge in [-0.15, -0.1) is 11.6 Å². The molecule has 104 valence electrons. The molecule has 0 fully saturated rings. The van der Waals surface area contributed by atoms with E-state index in [0.717, 1.165) is 5.56 Å². The minimum absolute atomic E-state index is 0.188. The molecule has 0 unspecified atom stereocenters. The van der Waals surface area contributed by atoms with Crippen LogP contribution in [0.5, 0.6) is 0 Å². The first-order valence-corrected chi connectivity index (χ1v) is 6.90. The molecule has 0 aromatic heterocycles. The summed E-state index contributed by atoms with van der Waals surface area (Å²) in [7, 11) is -4.67. The van der Waals surface area contributed by atoms with Crippen molar-refractivity contribution in [3.63, 3.8) is 0 Å². The molecule has 5 N–H and O–H groups in total. The van der Waals surface area contributed by atoms with Crippen LogP contribution in [-0.2, 0) is 16.8 Å². The van der Waals surface area contributed by atoms with E-state index in [1.54, 1.807) is 0 Å². The molecule has 2 atom stereocenters. The van der Waals surface area contributed by atoms with Crippen molar-refractivity contribution in [3.8, 4) is 0 Å². The summed E-state index contributed by atoms with van der Waals surface area (Å²) in [6, 6.07) is 9.55. The van der Waals surface area contributed by atoms with Gasteiger partial charge >= 0.3 is 10.4 Å². The molecule has 6 nitrogen and oxygen atoms in total. The van der Waals surface area contributed by atoms with E-state index in [4.69, 9.17) is 34.9 Å². The Balaban J connectivity index is 0.000000494. The van der Waals surface area contributed by atoms with E-state index >= 15 is 0 Å². The fraction of sp³-hybridized carbons (Fsp3) is 0.400. The zero-order chi connectivity index (χ0) is 14.2. The molecule has 0 saturated carbocycles. The third kappa shape index (κ3) is 10.5. The highest BCUT2D eigenvalue weighted by Gasteiger charge is 2.13. The second-order valence-corrected chi connectivity index (χ2v) is 4.73. The Labute approximate surface area is 111 Å². The van der Waals surface area contributed by atoms with Gasteiger partial charge in [-0.25, -0.2) is 0 Å². The van der Waals surface area contributed by atoms with Crippen molar-refractivity contribution < 1.29 is 22.6 Å². The third-order valence-corrected chi connectivity index (χ3v) is 2.28. The lowest BCUT2D eigenvalue weighted by atomic mass is 10.0. The van der Waals surface area contributed by atoms with Crippen molar-refractivity contribution in [2.24, 2.45) is 5.73 Å². The number of aliphatic hydroxyl groups is 1. The highest BCUT2D eigenvalue weighted by Crippen LogP contribution is 2.05. The van der Waals surface area contributed by atoms with Gasteiger partial charge in [-0.05, 0) is 12.0 Å². The fourth-order valence-corrected chi connectivity index (χ4v) is 1.37. The quantitative estimate of drug-likeness (QED) is 0.474. The van der Waals surface area contributed by atoms with Crippen molar-refractivity contribution in [3.05, 3.63) is 35.9 Å². The molecule has 1 aromatic carbocycles. The van der Waals surface area contributed by atoms with Crippen LogP contribution in [0, 0.1) is 0 Å². The number of rotatable bonds is 4. The summed E-state index contributed by atoms with van der Waals surface area (Å²) in [4.78, 5) is 0. The van der Waals surface area contributed by atoms with Gasteiger partial charge in [-0.2, -0.15) is 8.42 Å². The second-order valence-electron chi connectivity index (χ2n) is 3.52. The molecule has 0 amide bonds. The number of benzene rings is 1.